The number of aryl methyl sites for hydroxylation is 1. The van der Waals surface area contributed by atoms with Crippen molar-refractivity contribution in [3.63, 3.8) is 0 Å². The number of methoxy groups -OCH3 is 1. The molecule has 0 saturated carbocycles. The molecule has 1 N–H and O–H groups in total. The van der Waals surface area contributed by atoms with Crippen molar-refractivity contribution >= 4 is 15.9 Å². The summed E-state index contributed by atoms with van der Waals surface area (Å²) in [5.74, 6) is 0.449. The number of sulfonamides is 1. The average molecular weight is 431 g/mol. The number of nitrogens with zero attached hydrogens (tertiary/aromatic N) is 1. The Kier molecular flexibility index (Phi) is 7.15. The number of benzene rings is 2. The minimum absolute atomic E-state index is 0.217. The molecule has 1 amide bonds. The lowest BCUT2D eigenvalue weighted by molar-refractivity contribution is 0.0939. The van der Waals surface area contributed by atoms with E-state index in [-0.39, 0.29) is 16.8 Å². The van der Waals surface area contributed by atoms with Crippen LogP contribution < -0.4 is 10.1 Å². The van der Waals surface area contributed by atoms with Crippen LogP contribution in [0, 0.1) is 6.92 Å². The van der Waals surface area contributed by atoms with E-state index >= 15 is 0 Å². The lowest BCUT2D eigenvalue weighted by Crippen LogP contribution is -2.33. The normalized spacial score (nSPS) is 16.5. The van der Waals surface area contributed by atoms with Crippen LogP contribution in [0.5, 0.6) is 5.75 Å². The van der Waals surface area contributed by atoms with Crippen molar-refractivity contribution in [2.75, 3.05) is 20.2 Å². The first-order chi connectivity index (χ1) is 14.3. The zero-order chi connectivity index (χ0) is 21.7. The molecule has 1 saturated heterocycles. The molecule has 0 spiro atoms. The Morgan fingerprint density at radius 1 is 1.03 bits per heavy atom. The molecule has 7 heteroatoms. The summed E-state index contributed by atoms with van der Waals surface area (Å²) in [5.41, 5.74) is 1.93. The predicted molar refractivity (Wildman–Crippen MR) is 117 cm³/mol. The van der Waals surface area contributed by atoms with Gasteiger partial charge in [0.25, 0.3) is 5.91 Å². The summed E-state index contributed by atoms with van der Waals surface area (Å²) in [6, 6.07) is 12.1. The first kappa shape index (κ1) is 22.3. The van der Waals surface area contributed by atoms with Crippen molar-refractivity contribution in [3.8, 4) is 5.75 Å². The van der Waals surface area contributed by atoms with Crippen molar-refractivity contribution in [3.05, 3.63) is 59.2 Å². The van der Waals surface area contributed by atoms with Crippen LogP contribution in [0.1, 0.15) is 60.1 Å². The maximum Gasteiger partial charge on any atom is 0.251 e. The molecule has 30 heavy (non-hydrogen) atoms. The zero-order valence-corrected chi connectivity index (χ0v) is 18.7. The summed E-state index contributed by atoms with van der Waals surface area (Å²) < 4.78 is 33.2. The highest BCUT2D eigenvalue weighted by Gasteiger charge is 2.27. The molecule has 3 rings (SSSR count). The number of rotatable bonds is 6. The van der Waals surface area contributed by atoms with Crippen molar-refractivity contribution in [1.82, 2.24) is 9.62 Å². The summed E-state index contributed by atoms with van der Waals surface area (Å²) in [4.78, 5) is 13.0. The molecular formula is C23H30N2O4S. The number of hydrogen-bond donors (Lipinski definition) is 1. The quantitative estimate of drug-likeness (QED) is 0.750. The van der Waals surface area contributed by atoms with Crippen LogP contribution in [0.3, 0.4) is 0 Å². The van der Waals surface area contributed by atoms with E-state index in [1.165, 1.54) is 6.07 Å². The Hall–Kier alpha value is -2.38. The molecule has 2 aromatic rings. The summed E-state index contributed by atoms with van der Waals surface area (Å²) >= 11 is 0. The molecule has 162 valence electrons. The third-order valence-corrected chi connectivity index (χ3v) is 7.64. The number of nitrogens with one attached hydrogen (secondary N) is 1. The van der Waals surface area contributed by atoms with Crippen LogP contribution in [-0.4, -0.2) is 38.8 Å². The van der Waals surface area contributed by atoms with Gasteiger partial charge < -0.3 is 10.1 Å². The highest BCUT2D eigenvalue weighted by Crippen LogP contribution is 2.25. The maximum atomic E-state index is 13.2. The van der Waals surface area contributed by atoms with Crippen molar-refractivity contribution in [2.45, 2.75) is 50.5 Å². The first-order valence-electron chi connectivity index (χ1n) is 10.4. The summed E-state index contributed by atoms with van der Waals surface area (Å²) in [7, 11) is -2.01. The summed E-state index contributed by atoms with van der Waals surface area (Å²) in [5, 5.41) is 2.95. The van der Waals surface area contributed by atoms with Gasteiger partial charge in [0.05, 0.1) is 18.0 Å². The minimum atomic E-state index is -3.62. The minimum Gasteiger partial charge on any atom is -0.497 e. The number of carbonyl (C=O) groups excluding carboxylic acids is 1. The van der Waals surface area contributed by atoms with Gasteiger partial charge in [0.1, 0.15) is 5.75 Å². The van der Waals surface area contributed by atoms with Gasteiger partial charge >= 0.3 is 0 Å². The Bertz CT molecular complexity index is 979. The Morgan fingerprint density at radius 2 is 1.67 bits per heavy atom. The molecule has 1 aliphatic rings. The molecular weight excluding hydrogens is 400 g/mol. The maximum absolute atomic E-state index is 13.2. The van der Waals surface area contributed by atoms with Crippen LogP contribution in [0.4, 0.5) is 0 Å². The second-order valence-electron chi connectivity index (χ2n) is 7.77. The van der Waals surface area contributed by atoms with E-state index in [0.717, 1.165) is 37.0 Å². The van der Waals surface area contributed by atoms with Gasteiger partial charge in [-0.25, -0.2) is 8.42 Å². The van der Waals surface area contributed by atoms with Gasteiger partial charge in [0.15, 0.2) is 0 Å². The van der Waals surface area contributed by atoms with Crippen LogP contribution in [0.25, 0.3) is 0 Å². The molecule has 0 radical (unpaired) electrons. The Labute approximate surface area is 179 Å². The SMILES string of the molecule is COc1ccc([C@@H](C)NC(=O)c2ccc(C)c(S(=O)(=O)N3CCCCCC3)c2)cc1. The molecule has 0 unspecified atom stereocenters. The smallest absolute Gasteiger partial charge is 0.251 e. The van der Waals surface area contributed by atoms with E-state index in [2.05, 4.69) is 5.32 Å². The molecule has 1 atom stereocenters. The van der Waals surface area contributed by atoms with Gasteiger partial charge in [-0.15, -0.1) is 0 Å². The third-order valence-electron chi connectivity index (χ3n) is 5.60. The molecule has 1 fully saturated rings. The fraction of sp³-hybridized carbons (Fsp3) is 0.435. The van der Waals surface area contributed by atoms with Gasteiger partial charge in [-0.2, -0.15) is 4.31 Å². The van der Waals surface area contributed by atoms with Crippen molar-refractivity contribution in [1.29, 1.82) is 0 Å². The highest BCUT2D eigenvalue weighted by atomic mass is 32.2. The third kappa shape index (κ3) is 5.02. The molecule has 1 aliphatic heterocycles. The van der Waals surface area contributed by atoms with E-state index in [1.54, 1.807) is 30.5 Å². The van der Waals surface area contributed by atoms with Crippen LogP contribution >= 0.6 is 0 Å². The van der Waals surface area contributed by atoms with Crippen LogP contribution in [0.15, 0.2) is 47.4 Å². The fourth-order valence-electron chi connectivity index (χ4n) is 3.70. The van der Waals surface area contributed by atoms with E-state index in [4.69, 9.17) is 4.74 Å². The number of hydrogen-bond acceptors (Lipinski definition) is 4. The second kappa shape index (κ2) is 9.62. The van der Waals surface area contributed by atoms with E-state index in [0.29, 0.717) is 24.2 Å². The summed E-state index contributed by atoms with van der Waals surface area (Å²) in [6.45, 7) is 4.73. The lowest BCUT2D eigenvalue weighted by atomic mass is 10.1. The molecule has 0 bridgehead atoms. The first-order valence-corrected chi connectivity index (χ1v) is 11.8. The molecule has 0 aromatic heterocycles. The Morgan fingerprint density at radius 3 is 2.27 bits per heavy atom. The Balaban J connectivity index is 1.80. The van der Waals surface area contributed by atoms with Gasteiger partial charge in [-0.05, 0) is 62.1 Å². The monoisotopic (exact) mass is 430 g/mol. The number of amides is 1. The fourth-order valence-corrected chi connectivity index (χ4v) is 5.46. The number of carbonyl (C=O) groups is 1. The zero-order valence-electron chi connectivity index (χ0n) is 17.8. The molecule has 0 aliphatic carbocycles. The second-order valence-corrected chi connectivity index (χ2v) is 9.67. The average Bonchev–Trinajstić information content (AvgIpc) is 3.04. The number of ether oxygens (including phenoxy) is 1. The van der Waals surface area contributed by atoms with E-state index < -0.39 is 10.0 Å². The predicted octanol–water partition coefficient (Wildman–Crippen LogP) is 4.06. The van der Waals surface area contributed by atoms with Gasteiger partial charge in [-0.1, -0.05) is 31.0 Å². The van der Waals surface area contributed by atoms with Crippen molar-refractivity contribution < 1.29 is 17.9 Å². The highest BCUT2D eigenvalue weighted by molar-refractivity contribution is 7.89. The van der Waals surface area contributed by atoms with Gasteiger partial charge in [0, 0.05) is 18.7 Å². The molecule has 6 nitrogen and oxygen atoms in total. The topological polar surface area (TPSA) is 75.7 Å². The largest absolute Gasteiger partial charge is 0.497 e. The standard InChI is InChI=1S/C23H30N2O4S/c1-17-8-9-20(16-22(17)30(27,28)25-14-6-4-5-7-15-25)23(26)24-18(2)19-10-12-21(29-3)13-11-19/h8-13,16,18H,4-7,14-15H2,1-3H3,(H,24,26)/t18-/m1/s1. The lowest BCUT2D eigenvalue weighted by Gasteiger charge is -2.22. The van der Waals surface area contributed by atoms with Crippen LogP contribution in [-0.2, 0) is 10.0 Å². The van der Waals surface area contributed by atoms with E-state index in [1.807, 2.05) is 31.2 Å². The van der Waals surface area contributed by atoms with Gasteiger partial charge in [-0.3, -0.25) is 4.79 Å². The summed E-state index contributed by atoms with van der Waals surface area (Å²) in [6.07, 6.45) is 3.85. The van der Waals surface area contributed by atoms with E-state index in [9.17, 15) is 13.2 Å². The van der Waals surface area contributed by atoms with Crippen LogP contribution in [0.2, 0.25) is 0 Å². The molecule has 1 heterocycles. The molecule has 2 aromatic carbocycles. The van der Waals surface area contributed by atoms with Gasteiger partial charge in [0.2, 0.25) is 10.0 Å². The van der Waals surface area contributed by atoms with Crippen molar-refractivity contribution in [2.24, 2.45) is 0 Å².